The second-order valence-corrected chi connectivity index (χ2v) is 7.01. The first-order valence-electron chi connectivity index (χ1n) is 8.19. The van der Waals surface area contributed by atoms with E-state index in [2.05, 4.69) is 10.6 Å². The zero-order chi connectivity index (χ0) is 20.1. The van der Waals surface area contributed by atoms with Crippen LogP contribution in [0.1, 0.15) is 20.0 Å². The van der Waals surface area contributed by atoms with E-state index < -0.39 is 0 Å². The summed E-state index contributed by atoms with van der Waals surface area (Å²) in [4.78, 5) is 25.4. The third-order valence-electron chi connectivity index (χ3n) is 3.85. The van der Waals surface area contributed by atoms with Crippen LogP contribution in [0.2, 0.25) is 5.02 Å². The van der Waals surface area contributed by atoms with E-state index in [4.69, 9.17) is 21.1 Å². The summed E-state index contributed by atoms with van der Waals surface area (Å²) in [6.45, 7) is 0. The Morgan fingerprint density at radius 2 is 1.71 bits per heavy atom. The van der Waals surface area contributed by atoms with E-state index in [0.717, 1.165) is 0 Å². The molecule has 0 unspecified atom stereocenters. The van der Waals surface area contributed by atoms with Gasteiger partial charge < -0.3 is 20.1 Å². The predicted octanol–water partition coefficient (Wildman–Crippen LogP) is 4.92. The van der Waals surface area contributed by atoms with Gasteiger partial charge in [-0.15, -0.1) is 11.3 Å². The van der Waals surface area contributed by atoms with Crippen molar-refractivity contribution in [2.24, 2.45) is 0 Å². The first-order chi connectivity index (χ1) is 13.5. The molecule has 144 valence electrons. The Morgan fingerprint density at radius 1 is 0.929 bits per heavy atom. The Kier molecular flexibility index (Phi) is 6.18. The molecule has 0 aliphatic heterocycles. The van der Waals surface area contributed by atoms with Gasteiger partial charge in [0.25, 0.3) is 11.8 Å². The number of rotatable bonds is 6. The van der Waals surface area contributed by atoms with Crippen LogP contribution in [0.3, 0.4) is 0 Å². The maximum Gasteiger partial charge on any atom is 0.265 e. The number of halogens is 1. The zero-order valence-corrected chi connectivity index (χ0v) is 16.7. The molecule has 2 aromatic carbocycles. The number of nitrogens with one attached hydrogen (secondary N) is 2. The quantitative estimate of drug-likeness (QED) is 0.597. The number of ether oxygens (including phenoxy) is 2. The number of hydrogen-bond acceptors (Lipinski definition) is 5. The minimum atomic E-state index is -0.369. The van der Waals surface area contributed by atoms with Gasteiger partial charge in [0.2, 0.25) is 0 Å². The molecule has 1 aromatic heterocycles. The molecule has 0 spiro atoms. The Morgan fingerprint density at radius 3 is 2.39 bits per heavy atom. The van der Waals surface area contributed by atoms with Gasteiger partial charge in [0, 0.05) is 17.3 Å². The molecule has 0 atom stereocenters. The molecule has 1 heterocycles. The second kappa shape index (κ2) is 8.77. The number of carbonyl (C=O) groups is 2. The van der Waals surface area contributed by atoms with E-state index in [-0.39, 0.29) is 11.8 Å². The fourth-order valence-corrected chi connectivity index (χ4v) is 3.35. The summed E-state index contributed by atoms with van der Waals surface area (Å²) in [5.41, 5.74) is 1.30. The molecule has 6 nitrogen and oxygen atoms in total. The van der Waals surface area contributed by atoms with Crippen LogP contribution in [0.5, 0.6) is 11.5 Å². The van der Waals surface area contributed by atoms with Gasteiger partial charge in [0.05, 0.1) is 29.8 Å². The van der Waals surface area contributed by atoms with Crippen LogP contribution in [-0.2, 0) is 0 Å². The second-order valence-electron chi connectivity index (χ2n) is 5.65. The maximum atomic E-state index is 12.7. The molecule has 2 amide bonds. The fourth-order valence-electron chi connectivity index (χ4n) is 2.49. The molecule has 28 heavy (non-hydrogen) atoms. The highest BCUT2D eigenvalue weighted by atomic mass is 35.5. The van der Waals surface area contributed by atoms with Crippen LogP contribution in [0.4, 0.5) is 11.4 Å². The van der Waals surface area contributed by atoms with Crippen LogP contribution in [-0.4, -0.2) is 26.0 Å². The van der Waals surface area contributed by atoms with Crippen molar-refractivity contribution in [3.05, 3.63) is 69.4 Å². The third-order valence-corrected chi connectivity index (χ3v) is 5.01. The number of anilines is 2. The summed E-state index contributed by atoms with van der Waals surface area (Å²) in [7, 11) is 2.98. The Bertz CT molecular complexity index is 1010. The molecule has 0 radical (unpaired) electrons. The average Bonchev–Trinajstić information content (AvgIpc) is 3.23. The first-order valence-corrected chi connectivity index (χ1v) is 9.45. The van der Waals surface area contributed by atoms with Gasteiger partial charge >= 0.3 is 0 Å². The highest BCUT2D eigenvalue weighted by molar-refractivity contribution is 7.12. The summed E-state index contributed by atoms with van der Waals surface area (Å²) >= 11 is 7.48. The summed E-state index contributed by atoms with van der Waals surface area (Å²) in [5.74, 6) is 0.259. The van der Waals surface area contributed by atoms with Crippen molar-refractivity contribution in [3.63, 3.8) is 0 Å². The SMILES string of the molecule is COc1cc(OC)c(NC(=O)c2cccc(NC(=O)c3cccs3)c2)cc1Cl. The molecule has 8 heteroatoms. The van der Waals surface area contributed by atoms with Crippen molar-refractivity contribution in [2.75, 3.05) is 24.9 Å². The lowest BCUT2D eigenvalue weighted by molar-refractivity contribution is 0.101. The molecule has 3 rings (SSSR count). The van der Waals surface area contributed by atoms with Gasteiger partial charge in [-0.2, -0.15) is 0 Å². The van der Waals surface area contributed by atoms with Crippen molar-refractivity contribution in [3.8, 4) is 11.5 Å². The van der Waals surface area contributed by atoms with Crippen LogP contribution in [0.25, 0.3) is 0 Å². The monoisotopic (exact) mass is 416 g/mol. The lowest BCUT2D eigenvalue weighted by atomic mass is 10.1. The topological polar surface area (TPSA) is 76.7 Å². The van der Waals surface area contributed by atoms with Crippen molar-refractivity contribution in [1.82, 2.24) is 0 Å². The van der Waals surface area contributed by atoms with E-state index in [1.165, 1.54) is 25.6 Å². The van der Waals surface area contributed by atoms with Crippen molar-refractivity contribution in [1.29, 1.82) is 0 Å². The van der Waals surface area contributed by atoms with E-state index >= 15 is 0 Å². The normalized spacial score (nSPS) is 10.2. The standard InChI is InChI=1S/C20H17ClN2O4S/c1-26-16-11-17(27-2)15(10-14(16)21)23-19(24)12-5-3-6-13(9-12)22-20(25)18-7-4-8-28-18/h3-11H,1-2H3,(H,22,25)(H,23,24). The van der Waals surface area contributed by atoms with E-state index in [0.29, 0.717) is 38.3 Å². The fraction of sp³-hybridized carbons (Fsp3) is 0.100. The molecule has 0 saturated heterocycles. The van der Waals surface area contributed by atoms with Gasteiger partial charge in [0.15, 0.2) is 0 Å². The largest absolute Gasteiger partial charge is 0.495 e. The van der Waals surface area contributed by atoms with Crippen LogP contribution >= 0.6 is 22.9 Å². The Labute approximate surface area is 171 Å². The van der Waals surface area contributed by atoms with Crippen molar-refractivity contribution in [2.45, 2.75) is 0 Å². The van der Waals surface area contributed by atoms with Crippen LogP contribution in [0.15, 0.2) is 53.9 Å². The number of hydrogen-bond donors (Lipinski definition) is 2. The number of thiophene rings is 1. The number of amides is 2. The van der Waals surface area contributed by atoms with Gasteiger partial charge in [-0.1, -0.05) is 23.7 Å². The lowest BCUT2D eigenvalue weighted by Gasteiger charge is -2.13. The molecule has 0 bridgehead atoms. The minimum absolute atomic E-state index is 0.226. The highest BCUT2D eigenvalue weighted by Crippen LogP contribution is 2.36. The summed E-state index contributed by atoms with van der Waals surface area (Å²) in [5, 5.41) is 7.71. The molecule has 3 aromatic rings. The van der Waals surface area contributed by atoms with E-state index in [1.807, 2.05) is 5.38 Å². The smallest absolute Gasteiger partial charge is 0.265 e. The van der Waals surface area contributed by atoms with Crippen LogP contribution in [0, 0.1) is 0 Å². The molecule has 0 aliphatic carbocycles. The molecule has 0 saturated carbocycles. The van der Waals surface area contributed by atoms with Gasteiger partial charge in [-0.25, -0.2) is 0 Å². The molecular weight excluding hydrogens is 400 g/mol. The first kappa shape index (κ1) is 19.7. The average molecular weight is 417 g/mol. The van der Waals surface area contributed by atoms with Crippen molar-refractivity contribution >= 4 is 46.1 Å². The third kappa shape index (κ3) is 4.44. The Hall–Kier alpha value is -3.03. The van der Waals surface area contributed by atoms with Gasteiger partial charge in [-0.3, -0.25) is 9.59 Å². The summed E-state index contributed by atoms with van der Waals surface area (Å²) in [6.07, 6.45) is 0. The Balaban J connectivity index is 1.78. The summed E-state index contributed by atoms with van der Waals surface area (Å²) < 4.78 is 10.4. The molecular formula is C20H17ClN2O4S. The zero-order valence-electron chi connectivity index (χ0n) is 15.1. The minimum Gasteiger partial charge on any atom is -0.495 e. The van der Waals surface area contributed by atoms with Crippen molar-refractivity contribution < 1.29 is 19.1 Å². The number of benzene rings is 2. The molecule has 0 aliphatic rings. The van der Waals surface area contributed by atoms with Crippen LogP contribution < -0.4 is 20.1 Å². The highest BCUT2D eigenvalue weighted by Gasteiger charge is 2.15. The number of carbonyl (C=O) groups excluding carboxylic acids is 2. The van der Waals surface area contributed by atoms with Gasteiger partial charge in [0.1, 0.15) is 11.5 Å². The predicted molar refractivity (Wildman–Crippen MR) is 111 cm³/mol. The molecule has 0 fully saturated rings. The van der Waals surface area contributed by atoms with E-state index in [9.17, 15) is 9.59 Å². The van der Waals surface area contributed by atoms with E-state index in [1.54, 1.807) is 48.5 Å². The van der Waals surface area contributed by atoms with Gasteiger partial charge in [-0.05, 0) is 35.7 Å². The molecule has 2 N–H and O–H groups in total. The number of methoxy groups -OCH3 is 2. The lowest BCUT2D eigenvalue weighted by Crippen LogP contribution is -2.14. The maximum absolute atomic E-state index is 12.7. The summed E-state index contributed by atoms with van der Waals surface area (Å²) in [6, 6.07) is 13.3.